The Morgan fingerprint density at radius 2 is 1.94 bits per heavy atom. The van der Waals surface area contributed by atoms with Crippen LogP contribution in [0.4, 0.5) is 16.0 Å². The van der Waals surface area contributed by atoms with Crippen molar-refractivity contribution in [2.24, 2.45) is 0 Å². The first kappa shape index (κ1) is 10.8. The largest absolute Gasteiger partial charge is 0.324 e. The summed E-state index contributed by atoms with van der Waals surface area (Å²) in [5, 5.41) is 0. The molecule has 0 aliphatic carbocycles. The lowest BCUT2D eigenvalue weighted by molar-refractivity contribution is 0.628. The van der Waals surface area contributed by atoms with Crippen molar-refractivity contribution < 1.29 is 4.39 Å². The van der Waals surface area contributed by atoms with Gasteiger partial charge in [0, 0.05) is 12.7 Å². The van der Waals surface area contributed by atoms with Crippen LogP contribution >= 0.6 is 0 Å². The molecule has 0 unspecified atom stereocenters. The standard InChI is InChI=1S/C14H12FN3/c1-18(11-6-4-5-10(15)9-11)14-16-12-7-2-3-8-13(12)17-14/h2-9H,1H3,(H,16,17). The van der Waals surface area contributed by atoms with E-state index in [0.29, 0.717) is 5.95 Å². The minimum Gasteiger partial charge on any atom is -0.324 e. The van der Waals surface area contributed by atoms with E-state index in [2.05, 4.69) is 9.97 Å². The number of nitrogens with zero attached hydrogens (tertiary/aromatic N) is 2. The number of H-pyrrole nitrogens is 1. The van der Waals surface area contributed by atoms with E-state index in [1.807, 2.05) is 42.3 Å². The number of aromatic nitrogens is 2. The molecule has 2 aromatic carbocycles. The fourth-order valence-electron chi connectivity index (χ4n) is 1.91. The molecule has 3 aromatic rings. The number of fused-ring (bicyclic) bond motifs is 1. The van der Waals surface area contributed by atoms with Gasteiger partial charge in [0.25, 0.3) is 0 Å². The molecule has 3 nitrogen and oxygen atoms in total. The maximum Gasteiger partial charge on any atom is 0.208 e. The van der Waals surface area contributed by atoms with Gasteiger partial charge >= 0.3 is 0 Å². The van der Waals surface area contributed by atoms with Crippen LogP contribution in [0.1, 0.15) is 0 Å². The van der Waals surface area contributed by atoms with E-state index in [0.717, 1.165) is 16.7 Å². The summed E-state index contributed by atoms with van der Waals surface area (Å²) in [6.07, 6.45) is 0. The molecule has 3 rings (SSSR count). The molecule has 18 heavy (non-hydrogen) atoms. The Hall–Kier alpha value is -2.36. The van der Waals surface area contributed by atoms with E-state index in [9.17, 15) is 4.39 Å². The smallest absolute Gasteiger partial charge is 0.208 e. The number of hydrogen-bond donors (Lipinski definition) is 1. The summed E-state index contributed by atoms with van der Waals surface area (Å²) in [7, 11) is 1.85. The molecule has 90 valence electrons. The SMILES string of the molecule is CN(c1cccc(F)c1)c1nc2ccccc2[nH]1. The molecule has 1 aromatic heterocycles. The summed E-state index contributed by atoms with van der Waals surface area (Å²) in [6, 6.07) is 14.2. The molecule has 0 aliphatic heterocycles. The first-order valence-electron chi connectivity index (χ1n) is 5.68. The molecule has 0 saturated heterocycles. The highest BCUT2D eigenvalue weighted by Crippen LogP contribution is 2.23. The van der Waals surface area contributed by atoms with Gasteiger partial charge < -0.3 is 9.88 Å². The normalized spacial score (nSPS) is 10.8. The second-order valence-corrected chi connectivity index (χ2v) is 4.12. The average molecular weight is 241 g/mol. The minimum atomic E-state index is -0.254. The highest BCUT2D eigenvalue weighted by Gasteiger charge is 2.09. The van der Waals surface area contributed by atoms with Gasteiger partial charge in [0.05, 0.1) is 11.0 Å². The Morgan fingerprint density at radius 3 is 2.72 bits per heavy atom. The number of aromatic amines is 1. The Bertz CT molecular complexity index is 657. The third kappa shape index (κ3) is 1.82. The van der Waals surface area contributed by atoms with Crippen molar-refractivity contribution in [2.45, 2.75) is 0 Å². The van der Waals surface area contributed by atoms with Crippen molar-refractivity contribution in [3.63, 3.8) is 0 Å². The summed E-state index contributed by atoms with van der Waals surface area (Å²) in [6.45, 7) is 0. The molecule has 0 atom stereocenters. The van der Waals surface area contributed by atoms with E-state index >= 15 is 0 Å². The molecule has 0 bridgehead atoms. The molecule has 0 saturated carbocycles. The fraction of sp³-hybridized carbons (Fsp3) is 0.0714. The van der Waals surface area contributed by atoms with Gasteiger partial charge in [0.15, 0.2) is 0 Å². The third-order valence-electron chi connectivity index (χ3n) is 2.89. The number of para-hydroxylation sites is 2. The van der Waals surface area contributed by atoms with E-state index in [1.54, 1.807) is 6.07 Å². The molecule has 0 fully saturated rings. The third-order valence-corrected chi connectivity index (χ3v) is 2.89. The lowest BCUT2D eigenvalue weighted by atomic mass is 10.3. The summed E-state index contributed by atoms with van der Waals surface area (Å²) >= 11 is 0. The molecule has 0 spiro atoms. The predicted molar refractivity (Wildman–Crippen MR) is 70.6 cm³/mol. The zero-order valence-corrected chi connectivity index (χ0v) is 9.89. The molecule has 1 N–H and O–H groups in total. The summed E-state index contributed by atoms with van der Waals surface area (Å²) < 4.78 is 13.2. The maximum atomic E-state index is 13.2. The van der Waals surface area contributed by atoms with Crippen LogP contribution in [0.25, 0.3) is 11.0 Å². The van der Waals surface area contributed by atoms with Gasteiger partial charge in [-0.3, -0.25) is 0 Å². The number of hydrogen-bond acceptors (Lipinski definition) is 2. The van der Waals surface area contributed by atoms with Crippen LogP contribution in [0.5, 0.6) is 0 Å². The van der Waals surface area contributed by atoms with Crippen LogP contribution in [0, 0.1) is 5.82 Å². The molecule has 1 heterocycles. The monoisotopic (exact) mass is 241 g/mol. The predicted octanol–water partition coefficient (Wildman–Crippen LogP) is 3.47. The van der Waals surface area contributed by atoms with Crippen LogP contribution in [0.15, 0.2) is 48.5 Å². The number of rotatable bonds is 2. The molecule has 0 radical (unpaired) electrons. The zero-order chi connectivity index (χ0) is 12.5. The number of anilines is 2. The van der Waals surface area contributed by atoms with Crippen molar-refractivity contribution in [3.8, 4) is 0 Å². The van der Waals surface area contributed by atoms with Crippen molar-refractivity contribution in [1.82, 2.24) is 9.97 Å². The van der Waals surface area contributed by atoms with Gasteiger partial charge in [0.2, 0.25) is 5.95 Å². The van der Waals surface area contributed by atoms with Crippen LogP contribution in [0.2, 0.25) is 0 Å². The van der Waals surface area contributed by atoms with Crippen molar-refractivity contribution in [1.29, 1.82) is 0 Å². The molecular weight excluding hydrogens is 229 g/mol. The van der Waals surface area contributed by atoms with Gasteiger partial charge in [-0.25, -0.2) is 9.37 Å². The number of nitrogens with one attached hydrogen (secondary N) is 1. The van der Waals surface area contributed by atoms with E-state index in [1.165, 1.54) is 12.1 Å². The molecular formula is C14H12FN3. The maximum absolute atomic E-state index is 13.2. The number of imidazole rings is 1. The van der Waals surface area contributed by atoms with E-state index < -0.39 is 0 Å². The van der Waals surface area contributed by atoms with Crippen molar-refractivity contribution in [3.05, 3.63) is 54.3 Å². The summed E-state index contributed by atoms with van der Waals surface area (Å²) in [5.74, 6) is 0.442. The fourth-order valence-corrected chi connectivity index (χ4v) is 1.91. The van der Waals surface area contributed by atoms with E-state index in [-0.39, 0.29) is 5.82 Å². The van der Waals surface area contributed by atoms with Crippen molar-refractivity contribution in [2.75, 3.05) is 11.9 Å². The van der Waals surface area contributed by atoms with Gasteiger partial charge in [0.1, 0.15) is 5.82 Å². The second kappa shape index (κ2) is 4.14. The van der Waals surface area contributed by atoms with Crippen molar-refractivity contribution >= 4 is 22.7 Å². The van der Waals surface area contributed by atoms with Crippen LogP contribution < -0.4 is 4.90 Å². The zero-order valence-electron chi connectivity index (χ0n) is 9.89. The first-order chi connectivity index (χ1) is 8.74. The highest BCUT2D eigenvalue weighted by molar-refractivity contribution is 5.78. The number of halogens is 1. The lowest BCUT2D eigenvalue weighted by Crippen LogP contribution is -2.11. The molecule has 4 heteroatoms. The Balaban J connectivity index is 2.03. The summed E-state index contributed by atoms with van der Waals surface area (Å²) in [5.41, 5.74) is 2.63. The van der Waals surface area contributed by atoms with Gasteiger partial charge in [-0.15, -0.1) is 0 Å². The summed E-state index contributed by atoms with van der Waals surface area (Å²) in [4.78, 5) is 9.49. The van der Waals surface area contributed by atoms with Crippen LogP contribution in [-0.2, 0) is 0 Å². The average Bonchev–Trinajstić information content (AvgIpc) is 2.81. The number of benzene rings is 2. The lowest BCUT2D eigenvalue weighted by Gasteiger charge is -2.15. The second-order valence-electron chi connectivity index (χ2n) is 4.12. The van der Waals surface area contributed by atoms with Crippen LogP contribution in [-0.4, -0.2) is 17.0 Å². The Kier molecular flexibility index (Phi) is 2.48. The first-order valence-corrected chi connectivity index (χ1v) is 5.68. The molecule has 0 aliphatic rings. The van der Waals surface area contributed by atoms with Gasteiger partial charge in [-0.1, -0.05) is 18.2 Å². The Labute approximate surface area is 104 Å². The quantitative estimate of drug-likeness (QED) is 0.745. The van der Waals surface area contributed by atoms with Gasteiger partial charge in [-0.2, -0.15) is 0 Å². The topological polar surface area (TPSA) is 31.9 Å². The molecule has 0 amide bonds. The van der Waals surface area contributed by atoms with Crippen LogP contribution in [0.3, 0.4) is 0 Å². The van der Waals surface area contributed by atoms with Gasteiger partial charge in [-0.05, 0) is 30.3 Å². The van der Waals surface area contributed by atoms with E-state index in [4.69, 9.17) is 0 Å². The minimum absolute atomic E-state index is 0.254. The highest BCUT2D eigenvalue weighted by atomic mass is 19.1. The Morgan fingerprint density at radius 1 is 1.11 bits per heavy atom.